The molecule has 2 aliphatic carbocycles. The van der Waals surface area contributed by atoms with Gasteiger partial charge in [-0.1, -0.05) is 0 Å². The highest BCUT2D eigenvalue weighted by atomic mass is 16.5. The Kier molecular flexibility index (Phi) is 6.51. The van der Waals surface area contributed by atoms with Crippen molar-refractivity contribution in [1.29, 1.82) is 0 Å². The van der Waals surface area contributed by atoms with Crippen LogP contribution >= 0.6 is 0 Å². The van der Waals surface area contributed by atoms with E-state index in [0.717, 1.165) is 74.4 Å². The quantitative estimate of drug-likeness (QED) is 0.500. The molecule has 8 heteroatoms. The third-order valence-electron chi connectivity index (χ3n) is 9.60. The molecule has 7 rings (SSSR count). The van der Waals surface area contributed by atoms with E-state index in [-0.39, 0.29) is 5.91 Å². The van der Waals surface area contributed by atoms with Gasteiger partial charge in [-0.15, -0.1) is 0 Å². The van der Waals surface area contributed by atoms with Crippen molar-refractivity contribution in [3.05, 3.63) is 66.1 Å². The van der Waals surface area contributed by atoms with Gasteiger partial charge in [-0.25, -0.2) is 9.67 Å². The topological polar surface area (TPSA) is 75.5 Å². The number of nitrogens with zero attached hydrogens (tertiary/aromatic N) is 5. The summed E-state index contributed by atoms with van der Waals surface area (Å²) in [5.41, 5.74) is 3.33. The molecule has 1 saturated heterocycles. The molecular formula is C31H38N6O2. The lowest BCUT2D eigenvalue weighted by molar-refractivity contribution is 0.0939. The number of amides is 1. The van der Waals surface area contributed by atoms with Gasteiger partial charge in [-0.2, -0.15) is 5.10 Å². The number of pyridine rings is 1. The Morgan fingerprint density at radius 2 is 1.87 bits per heavy atom. The standard InChI is InChI=1S/C31H38N6O2/c38-30(25-2-4-26(5-3-25)37-15-1-13-33-37)34-27-22-31(27)11-6-23(7-12-31)9-16-35-17-19-36(20-18-35)29-28-24(8-14-32-29)10-21-39-28/h1-5,8,13-15,23,27H,6-7,9-12,16-22H2,(H,34,38)/t23?,27-,31?/m0/s1. The van der Waals surface area contributed by atoms with Crippen LogP contribution in [0.2, 0.25) is 0 Å². The molecule has 2 aliphatic heterocycles. The molecule has 1 N–H and O–H groups in total. The first-order valence-electron chi connectivity index (χ1n) is 14.7. The van der Waals surface area contributed by atoms with Gasteiger partial charge in [0.05, 0.1) is 12.3 Å². The Hall–Kier alpha value is -3.39. The van der Waals surface area contributed by atoms with E-state index in [1.807, 2.05) is 42.7 Å². The summed E-state index contributed by atoms with van der Waals surface area (Å²) in [5, 5.41) is 7.58. The number of piperazine rings is 1. The van der Waals surface area contributed by atoms with Crippen LogP contribution < -0.4 is 15.0 Å². The molecule has 2 aromatic heterocycles. The van der Waals surface area contributed by atoms with Crippen LogP contribution in [0.5, 0.6) is 5.75 Å². The molecule has 4 heterocycles. The fraction of sp³-hybridized carbons (Fsp3) is 0.516. The Bertz CT molecular complexity index is 1290. The molecule has 39 heavy (non-hydrogen) atoms. The van der Waals surface area contributed by atoms with Gasteiger partial charge in [-0.3, -0.25) is 9.69 Å². The molecule has 1 atom stereocenters. The van der Waals surface area contributed by atoms with Crippen molar-refractivity contribution in [2.24, 2.45) is 11.3 Å². The monoisotopic (exact) mass is 526 g/mol. The van der Waals surface area contributed by atoms with Crippen molar-refractivity contribution in [3.8, 4) is 11.4 Å². The predicted octanol–water partition coefficient (Wildman–Crippen LogP) is 4.09. The number of aromatic nitrogens is 3. The smallest absolute Gasteiger partial charge is 0.251 e. The van der Waals surface area contributed by atoms with Gasteiger partial charge in [0.25, 0.3) is 5.91 Å². The maximum absolute atomic E-state index is 12.9. The highest BCUT2D eigenvalue weighted by Gasteiger charge is 2.55. The lowest BCUT2D eigenvalue weighted by Crippen LogP contribution is -2.47. The molecule has 1 spiro atoms. The van der Waals surface area contributed by atoms with E-state index in [4.69, 9.17) is 4.74 Å². The van der Waals surface area contributed by atoms with Crippen LogP contribution in [0.15, 0.2) is 55.0 Å². The maximum atomic E-state index is 12.9. The third-order valence-corrected chi connectivity index (χ3v) is 9.60. The number of carbonyl (C=O) groups is 1. The van der Waals surface area contributed by atoms with Crippen LogP contribution in [0.1, 0.15) is 54.4 Å². The van der Waals surface area contributed by atoms with E-state index in [9.17, 15) is 4.79 Å². The van der Waals surface area contributed by atoms with Crippen LogP contribution in [0.3, 0.4) is 0 Å². The Labute approximate surface area is 230 Å². The molecular weight excluding hydrogens is 488 g/mol. The molecule has 1 aromatic carbocycles. The van der Waals surface area contributed by atoms with Crippen LogP contribution in [0.4, 0.5) is 5.82 Å². The zero-order valence-corrected chi connectivity index (χ0v) is 22.6. The average Bonchev–Trinajstić information content (AvgIpc) is 3.38. The normalized spacial score (nSPS) is 26.3. The minimum Gasteiger partial charge on any atom is -0.489 e. The van der Waals surface area contributed by atoms with Crippen LogP contribution in [0, 0.1) is 11.3 Å². The van der Waals surface area contributed by atoms with Gasteiger partial charge in [0.2, 0.25) is 0 Å². The Morgan fingerprint density at radius 3 is 2.64 bits per heavy atom. The van der Waals surface area contributed by atoms with Crippen molar-refractivity contribution in [2.75, 3.05) is 44.2 Å². The van der Waals surface area contributed by atoms with Gasteiger partial charge in [0, 0.05) is 68.4 Å². The molecule has 204 valence electrons. The summed E-state index contributed by atoms with van der Waals surface area (Å²) in [7, 11) is 0. The summed E-state index contributed by atoms with van der Waals surface area (Å²) < 4.78 is 7.69. The van der Waals surface area contributed by atoms with Gasteiger partial charge in [0.1, 0.15) is 0 Å². The summed E-state index contributed by atoms with van der Waals surface area (Å²) in [5.74, 6) is 2.92. The molecule has 4 aliphatic rings. The average molecular weight is 527 g/mol. The minimum atomic E-state index is 0.0485. The second kappa shape index (κ2) is 10.3. The number of fused-ring (bicyclic) bond motifs is 1. The molecule has 0 radical (unpaired) electrons. The molecule has 0 unspecified atom stereocenters. The van der Waals surface area contributed by atoms with E-state index in [2.05, 4.69) is 31.3 Å². The van der Waals surface area contributed by atoms with E-state index in [1.54, 1.807) is 10.9 Å². The lowest BCUT2D eigenvalue weighted by Gasteiger charge is -2.37. The first kappa shape index (κ1) is 24.6. The largest absolute Gasteiger partial charge is 0.489 e. The zero-order chi connectivity index (χ0) is 26.2. The number of anilines is 1. The van der Waals surface area contributed by atoms with Crippen molar-refractivity contribution in [3.63, 3.8) is 0 Å². The van der Waals surface area contributed by atoms with Crippen molar-refractivity contribution in [2.45, 2.75) is 51.0 Å². The van der Waals surface area contributed by atoms with Gasteiger partial charge < -0.3 is 15.0 Å². The summed E-state index contributed by atoms with van der Waals surface area (Å²) in [6.07, 6.45) is 14.1. The van der Waals surface area contributed by atoms with Crippen molar-refractivity contribution in [1.82, 2.24) is 25.0 Å². The summed E-state index contributed by atoms with van der Waals surface area (Å²) in [4.78, 5) is 22.6. The van der Waals surface area contributed by atoms with E-state index < -0.39 is 0 Å². The Morgan fingerprint density at radius 1 is 1.05 bits per heavy atom. The maximum Gasteiger partial charge on any atom is 0.251 e. The molecule has 3 fully saturated rings. The lowest BCUT2D eigenvalue weighted by atomic mass is 9.78. The van der Waals surface area contributed by atoms with Crippen LogP contribution in [0.25, 0.3) is 5.69 Å². The minimum absolute atomic E-state index is 0.0485. The zero-order valence-electron chi connectivity index (χ0n) is 22.6. The number of hydrogen-bond acceptors (Lipinski definition) is 6. The number of benzene rings is 1. The molecule has 0 bridgehead atoms. The number of carbonyl (C=O) groups excluding carboxylic acids is 1. The van der Waals surface area contributed by atoms with Gasteiger partial charge in [0.15, 0.2) is 11.6 Å². The molecule has 2 saturated carbocycles. The highest BCUT2D eigenvalue weighted by molar-refractivity contribution is 5.94. The fourth-order valence-corrected chi connectivity index (χ4v) is 6.94. The fourth-order valence-electron chi connectivity index (χ4n) is 6.94. The van der Waals surface area contributed by atoms with Crippen molar-refractivity contribution >= 4 is 11.7 Å². The highest BCUT2D eigenvalue weighted by Crippen LogP contribution is 2.57. The summed E-state index contributed by atoms with van der Waals surface area (Å²) >= 11 is 0. The predicted molar refractivity (Wildman–Crippen MR) is 151 cm³/mol. The number of nitrogens with one attached hydrogen (secondary N) is 1. The second-order valence-corrected chi connectivity index (χ2v) is 11.9. The second-order valence-electron chi connectivity index (χ2n) is 11.9. The van der Waals surface area contributed by atoms with Crippen molar-refractivity contribution < 1.29 is 9.53 Å². The number of hydrogen-bond donors (Lipinski definition) is 1. The van der Waals surface area contributed by atoms with Crippen LogP contribution in [-0.2, 0) is 6.42 Å². The first-order valence-corrected chi connectivity index (χ1v) is 14.7. The summed E-state index contributed by atoms with van der Waals surface area (Å²) in [6, 6.07) is 12.0. The molecule has 3 aromatic rings. The SMILES string of the molecule is O=C(N[C@H]1CC12CCC(CCN1CCN(c3nccc4c3OCC4)CC1)CC2)c1ccc(-n2cccn2)cc1. The number of rotatable bonds is 7. The van der Waals surface area contributed by atoms with Crippen LogP contribution in [-0.4, -0.2) is 70.9 Å². The molecule has 8 nitrogen and oxygen atoms in total. The third kappa shape index (κ3) is 5.02. The van der Waals surface area contributed by atoms with Gasteiger partial charge in [-0.05, 0) is 92.8 Å². The summed E-state index contributed by atoms with van der Waals surface area (Å²) in [6.45, 7) is 6.21. The first-order chi connectivity index (χ1) is 19.2. The van der Waals surface area contributed by atoms with Gasteiger partial charge >= 0.3 is 0 Å². The molecule has 1 amide bonds. The number of ether oxygens (including phenoxy) is 1. The van der Waals surface area contributed by atoms with E-state index in [1.165, 1.54) is 44.2 Å². The van der Waals surface area contributed by atoms with E-state index in [0.29, 0.717) is 11.5 Å². The van der Waals surface area contributed by atoms with E-state index >= 15 is 0 Å². The Balaban J connectivity index is 0.836.